The Kier molecular flexibility index (Phi) is 7.79. The second-order valence-electron chi connectivity index (χ2n) is 11.4. The van der Waals surface area contributed by atoms with Gasteiger partial charge in [0.25, 0.3) is 0 Å². The number of halogens is 2. The summed E-state index contributed by atoms with van der Waals surface area (Å²) in [5, 5.41) is 7.49. The molecule has 2 unspecified atom stereocenters. The molecule has 224 valence electrons. The van der Waals surface area contributed by atoms with E-state index in [1.54, 1.807) is 29.2 Å². The number of aryl methyl sites for hydroxylation is 1. The van der Waals surface area contributed by atoms with E-state index in [4.69, 9.17) is 4.98 Å². The van der Waals surface area contributed by atoms with E-state index in [1.807, 2.05) is 17.9 Å². The minimum atomic E-state index is -2.58. The number of fused-ring (bicyclic) bond motifs is 1. The summed E-state index contributed by atoms with van der Waals surface area (Å²) in [6.07, 6.45) is 5.14. The number of anilines is 3. The lowest BCUT2D eigenvalue weighted by Gasteiger charge is -2.41. The minimum absolute atomic E-state index is 0.0402. The predicted octanol–water partition coefficient (Wildman–Crippen LogP) is 4.90. The van der Waals surface area contributed by atoms with Crippen LogP contribution >= 0.6 is 10.6 Å². The maximum Gasteiger partial charge on any atom is 0.229 e. The zero-order valence-electron chi connectivity index (χ0n) is 23.9. The van der Waals surface area contributed by atoms with Crippen molar-refractivity contribution >= 4 is 39.1 Å². The van der Waals surface area contributed by atoms with Crippen LogP contribution in [-0.4, -0.2) is 83.3 Å². The first-order chi connectivity index (χ1) is 20.0. The van der Waals surface area contributed by atoms with Crippen molar-refractivity contribution in [2.45, 2.75) is 39.4 Å². The maximum absolute atomic E-state index is 15.2. The molecule has 3 aromatic heterocycles. The van der Waals surface area contributed by atoms with Gasteiger partial charge in [-0.2, -0.15) is 15.6 Å². The van der Waals surface area contributed by atoms with Crippen LogP contribution < -0.4 is 15.5 Å². The molecule has 1 aromatic carbocycles. The van der Waals surface area contributed by atoms with Gasteiger partial charge in [-0.25, -0.2) is 18.7 Å². The van der Waals surface area contributed by atoms with E-state index in [-0.39, 0.29) is 23.6 Å². The average molecular weight is 599 g/mol. The molecule has 6 rings (SSSR count). The van der Waals surface area contributed by atoms with Crippen molar-refractivity contribution in [1.29, 1.82) is 0 Å². The van der Waals surface area contributed by atoms with Gasteiger partial charge in [0, 0.05) is 68.2 Å². The van der Waals surface area contributed by atoms with Crippen molar-refractivity contribution in [3.05, 3.63) is 65.6 Å². The Balaban J connectivity index is 1.21. The van der Waals surface area contributed by atoms with Crippen molar-refractivity contribution < 1.29 is 17.9 Å². The highest BCUT2D eigenvalue weighted by Gasteiger charge is 2.25. The fraction of sp³-hybridized carbons (Fsp3) is 0.414. The molecule has 42 heavy (non-hydrogen) atoms. The van der Waals surface area contributed by atoms with E-state index in [0.29, 0.717) is 42.5 Å². The molecule has 0 bridgehead atoms. The number of nitrogens with one attached hydrogen (secondary N) is 2. The van der Waals surface area contributed by atoms with Gasteiger partial charge in [-0.05, 0) is 50.6 Å². The van der Waals surface area contributed by atoms with Crippen LogP contribution in [-0.2, 0) is 6.54 Å². The van der Waals surface area contributed by atoms with E-state index < -0.39 is 22.2 Å². The Labute approximate surface area is 245 Å². The van der Waals surface area contributed by atoms with E-state index in [9.17, 15) is 9.11 Å². The van der Waals surface area contributed by atoms with Crippen molar-refractivity contribution in [2.75, 3.05) is 47.9 Å². The van der Waals surface area contributed by atoms with Crippen LogP contribution in [0.3, 0.4) is 0 Å². The molecule has 0 saturated carbocycles. The lowest BCUT2D eigenvalue weighted by molar-refractivity contribution is 0.270. The predicted molar refractivity (Wildman–Crippen MR) is 163 cm³/mol. The van der Waals surface area contributed by atoms with Crippen molar-refractivity contribution in [1.82, 2.24) is 29.7 Å². The summed E-state index contributed by atoms with van der Waals surface area (Å²) in [5.74, 6) is 0.407. The van der Waals surface area contributed by atoms with Gasteiger partial charge in [0.1, 0.15) is 23.1 Å². The summed E-state index contributed by atoms with van der Waals surface area (Å²) in [6, 6.07) is 7.17. The lowest BCUT2D eigenvalue weighted by atomic mass is 10.1. The number of aromatic nitrogens is 4. The number of piperazine rings is 1. The first-order valence-corrected chi connectivity index (χ1v) is 16.0. The SMILES string of the molecule is Cc1cc(Nc2ncc3ccn(-c4cc(F)c(CN5CCS(O)(O)CC5)c(F)c4)c3n2)cnc1N1CC(C)NC(C)C1. The molecule has 4 aromatic rings. The first kappa shape index (κ1) is 28.7. The average Bonchev–Trinajstić information content (AvgIpc) is 3.34. The summed E-state index contributed by atoms with van der Waals surface area (Å²) >= 11 is 0. The Hall–Kier alpha value is -3.36. The normalized spacial score (nSPS) is 21.9. The number of rotatable bonds is 6. The molecule has 4 N–H and O–H groups in total. The molecular weight excluding hydrogens is 562 g/mol. The number of nitrogens with zero attached hydrogens (tertiary/aromatic N) is 6. The second-order valence-corrected chi connectivity index (χ2v) is 13.8. The van der Waals surface area contributed by atoms with E-state index >= 15 is 8.78 Å². The van der Waals surface area contributed by atoms with E-state index in [0.717, 1.165) is 35.5 Å². The standard InChI is InChI=1S/C29H36F2N8O2S/c1-18-10-22(14-32-27(18)38-15-19(2)34-20(3)16-38)35-29-33-13-21-4-5-39(28(21)36-29)23-11-25(30)24(26(31)12-23)17-37-6-8-42(40,41)9-7-37/h4-5,10-14,19-20,34,40-41H,6-9,15-17H2,1-3H3,(H,33,35,36). The highest BCUT2D eigenvalue weighted by molar-refractivity contribution is 8.24. The molecule has 0 aliphatic carbocycles. The number of hydrogen-bond acceptors (Lipinski definition) is 9. The third-order valence-electron chi connectivity index (χ3n) is 7.85. The number of benzene rings is 1. The van der Waals surface area contributed by atoms with Crippen LogP contribution in [0.4, 0.5) is 26.2 Å². The summed E-state index contributed by atoms with van der Waals surface area (Å²) < 4.78 is 51.7. The third kappa shape index (κ3) is 6.06. The van der Waals surface area contributed by atoms with Gasteiger partial charge in [-0.1, -0.05) is 0 Å². The van der Waals surface area contributed by atoms with Gasteiger partial charge in [0.05, 0.1) is 29.1 Å². The smallest absolute Gasteiger partial charge is 0.229 e. The largest absolute Gasteiger partial charge is 0.353 e. The summed E-state index contributed by atoms with van der Waals surface area (Å²) in [6.45, 7) is 8.97. The molecule has 2 aliphatic heterocycles. The molecule has 0 radical (unpaired) electrons. The maximum atomic E-state index is 15.2. The van der Waals surface area contributed by atoms with Gasteiger partial charge in [-0.15, -0.1) is 0 Å². The quantitative estimate of drug-likeness (QED) is 0.246. The molecule has 2 aliphatic rings. The Morgan fingerprint density at radius 2 is 1.71 bits per heavy atom. The van der Waals surface area contributed by atoms with Crippen LogP contribution in [0.25, 0.3) is 16.7 Å². The molecule has 10 nitrogen and oxygen atoms in total. The lowest BCUT2D eigenvalue weighted by Crippen LogP contribution is -2.54. The van der Waals surface area contributed by atoms with Crippen molar-refractivity contribution in [2.24, 2.45) is 0 Å². The van der Waals surface area contributed by atoms with Crippen LogP contribution in [0.5, 0.6) is 0 Å². The Bertz CT molecular complexity index is 1570. The molecule has 0 amide bonds. The monoisotopic (exact) mass is 598 g/mol. The first-order valence-electron chi connectivity index (χ1n) is 14.1. The highest BCUT2D eigenvalue weighted by atomic mass is 32.3. The fourth-order valence-corrected chi connectivity index (χ4v) is 7.11. The molecular formula is C29H36F2N8O2S. The summed E-state index contributed by atoms with van der Waals surface area (Å²) in [5.41, 5.74) is 2.55. The minimum Gasteiger partial charge on any atom is -0.353 e. The zero-order chi connectivity index (χ0) is 29.6. The highest BCUT2D eigenvalue weighted by Crippen LogP contribution is 2.40. The molecule has 13 heteroatoms. The summed E-state index contributed by atoms with van der Waals surface area (Å²) in [7, 11) is -2.58. The summed E-state index contributed by atoms with van der Waals surface area (Å²) in [4.78, 5) is 17.9. The third-order valence-corrected chi connectivity index (χ3v) is 9.52. The van der Waals surface area contributed by atoms with Gasteiger partial charge in [-0.3, -0.25) is 14.0 Å². The van der Waals surface area contributed by atoms with Gasteiger partial charge >= 0.3 is 0 Å². The Morgan fingerprint density at radius 3 is 2.38 bits per heavy atom. The van der Waals surface area contributed by atoms with Gasteiger partial charge in [0.2, 0.25) is 5.95 Å². The number of pyridine rings is 1. The van der Waals surface area contributed by atoms with Crippen LogP contribution in [0.2, 0.25) is 0 Å². The molecule has 2 atom stereocenters. The van der Waals surface area contributed by atoms with Gasteiger partial charge < -0.3 is 20.1 Å². The molecule has 0 spiro atoms. The number of hydrogen-bond donors (Lipinski definition) is 4. The van der Waals surface area contributed by atoms with Crippen molar-refractivity contribution in [3.63, 3.8) is 0 Å². The topological polar surface area (TPSA) is 115 Å². The van der Waals surface area contributed by atoms with Crippen LogP contribution in [0.1, 0.15) is 25.0 Å². The second kappa shape index (κ2) is 11.4. The Morgan fingerprint density at radius 1 is 1.02 bits per heavy atom. The van der Waals surface area contributed by atoms with Crippen molar-refractivity contribution in [3.8, 4) is 5.69 Å². The molecule has 5 heterocycles. The molecule has 2 fully saturated rings. The van der Waals surface area contributed by atoms with Crippen LogP contribution in [0.15, 0.2) is 42.9 Å². The fourth-order valence-electron chi connectivity index (χ4n) is 5.81. The van der Waals surface area contributed by atoms with E-state index in [1.165, 1.54) is 12.1 Å². The van der Waals surface area contributed by atoms with Crippen LogP contribution in [0, 0.1) is 18.6 Å². The van der Waals surface area contributed by atoms with E-state index in [2.05, 4.69) is 39.3 Å². The zero-order valence-corrected chi connectivity index (χ0v) is 24.7. The van der Waals surface area contributed by atoms with Gasteiger partial charge in [0.15, 0.2) is 0 Å². The molecule has 2 saturated heterocycles.